The minimum absolute atomic E-state index is 0.00309. The number of carbonyl (C=O) groups excluding carboxylic acids is 1. The maximum atomic E-state index is 13.5. The molecule has 0 N–H and O–H groups in total. The second-order valence-corrected chi connectivity index (χ2v) is 4.31. The first-order valence-electron chi connectivity index (χ1n) is 4.36. The average Bonchev–Trinajstić information content (AvgIpc) is 2.73. The summed E-state index contributed by atoms with van der Waals surface area (Å²) < 4.78 is 18.7. The van der Waals surface area contributed by atoms with Crippen molar-refractivity contribution in [3.8, 4) is 11.5 Å². The van der Waals surface area contributed by atoms with Crippen LogP contribution in [0.5, 0.6) is 11.5 Å². The minimum Gasteiger partial charge on any atom is -0.453 e. The molecule has 0 amide bonds. The number of hydrogen-bond acceptors (Lipinski definition) is 3. The molecule has 0 aliphatic rings. The zero-order valence-corrected chi connectivity index (χ0v) is 9.52. The topological polar surface area (TPSA) is 26.3 Å². The molecule has 2 nitrogen and oxygen atoms in total. The van der Waals surface area contributed by atoms with Gasteiger partial charge in [-0.3, -0.25) is 4.79 Å². The standard InChI is InChI=1S/C11H6ClFO2S/c12-9-2-1-3-10(11(9)13)15-7-4-8(5-14)16-6-7/h1-6H. The zero-order valence-electron chi connectivity index (χ0n) is 7.94. The van der Waals surface area contributed by atoms with Crippen LogP contribution in [0.2, 0.25) is 5.02 Å². The fraction of sp³-hybridized carbons (Fsp3) is 0. The third kappa shape index (κ3) is 2.23. The van der Waals surface area contributed by atoms with Crippen molar-refractivity contribution in [1.29, 1.82) is 0 Å². The van der Waals surface area contributed by atoms with Gasteiger partial charge in [-0.15, -0.1) is 11.3 Å². The Morgan fingerprint density at radius 2 is 2.25 bits per heavy atom. The van der Waals surface area contributed by atoms with Crippen LogP contribution in [0, 0.1) is 5.82 Å². The van der Waals surface area contributed by atoms with E-state index in [0.717, 1.165) is 0 Å². The van der Waals surface area contributed by atoms with Gasteiger partial charge in [0.05, 0.1) is 9.90 Å². The van der Waals surface area contributed by atoms with Gasteiger partial charge in [0, 0.05) is 11.4 Å². The van der Waals surface area contributed by atoms with Crippen LogP contribution in [0.25, 0.3) is 0 Å². The van der Waals surface area contributed by atoms with E-state index in [2.05, 4.69) is 0 Å². The Labute approximate surface area is 100 Å². The molecule has 0 bridgehead atoms. The fourth-order valence-electron chi connectivity index (χ4n) is 1.14. The lowest BCUT2D eigenvalue weighted by molar-refractivity contribution is 0.112. The van der Waals surface area contributed by atoms with Gasteiger partial charge >= 0.3 is 0 Å². The SMILES string of the molecule is O=Cc1cc(Oc2cccc(Cl)c2F)cs1. The van der Waals surface area contributed by atoms with E-state index in [-0.39, 0.29) is 10.8 Å². The van der Waals surface area contributed by atoms with E-state index in [4.69, 9.17) is 16.3 Å². The smallest absolute Gasteiger partial charge is 0.184 e. The Kier molecular flexibility index (Phi) is 3.22. The summed E-state index contributed by atoms with van der Waals surface area (Å²) in [5.74, 6) is -0.140. The zero-order chi connectivity index (χ0) is 11.5. The monoisotopic (exact) mass is 256 g/mol. The van der Waals surface area contributed by atoms with E-state index in [9.17, 15) is 9.18 Å². The van der Waals surface area contributed by atoms with Crippen LogP contribution in [-0.4, -0.2) is 6.29 Å². The molecule has 1 aromatic heterocycles. The van der Waals surface area contributed by atoms with E-state index < -0.39 is 5.82 Å². The number of carbonyl (C=O) groups is 1. The van der Waals surface area contributed by atoms with E-state index in [1.807, 2.05) is 0 Å². The van der Waals surface area contributed by atoms with Gasteiger partial charge in [0.1, 0.15) is 5.75 Å². The number of benzene rings is 1. The number of aldehydes is 1. The number of hydrogen-bond donors (Lipinski definition) is 0. The van der Waals surface area contributed by atoms with Crippen molar-refractivity contribution in [1.82, 2.24) is 0 Å². The van der Waals surface area contributed by atoms with Gasteiger partial charge < -0.3 is 4.74 Å². The van der Waals surface area contributed by atoms with Gasteiger partial charge in [-0.05, 0) is 12.1 Å². The van der Waals surface area contributed by atoms with Crippen LogP contribution in [0.1, 0.15) is 9.67 Å². The molecular formula is C11H6ClFO2S. The van der Waals surface area contributed by atoms with Gasteiger partial charge in [0.2, 0.25) is 0 Å². The molecule has 0 atom stereocenters. The Hall–Kier alpha value is -1.39. The molecule has 0 aliphatic heterocycles. The molecule has 2 aromatic rings. The summed E-state index contributed by atoms with van der Waals surface area (Å²) in [5, 5.41) is 1.63. The molecule has 0 saturated heterocycles. The van der Waals surface area contributed by atoms with Crippen LogP contribution in [-0.2, 0) is 0 Å². The highest BCUT2D eigenvalue weighted by Crippen LogP contribution is 2.30. The molecular weight excluding hydrogens is 251 g/mol. The largest absolute Gasteiger partial charge is 0.453 e. The van der Waals surface area contributed by atoms with Gasteiger partial charge in [-0.2, -0.15) is 0 Å². The molecule has 82 valence electrons. The summed E-state index contributed by atoms with van der Waals surface area (Å²) in [4.78, 5) is 11.0. The third-order valence-corrected chi connectivity index (χ3v) is 2.98. The minimum atomic E-state index is -0.608. The van der Waals surface area contributed by atoms with Crippen LogP contribution < -0.4 is 4.74 Å². The number of thiophene rings is 1. The van der Waals surface area contributed by atoms with Gasteiger partial charge in [-0.1, -0.05) is 17.7 Å². The van der Waals surface area contributed by atoms with Crippen molar-refractivity contribution >= 4 is 29.2 Å². The number of rotatable bonds is 3. The van der Waals surface area contributed by atoms with E-state index in [0.29, 0.717) is 16.9 Å². The van der Waals surface area contributed by atoms with E-state index in [1.54, 1.807) is 11.4 Å². The summed E-state index contributed by atoms with van der Waals surface area (Å²) >= 11 is 6.83. The number of halogens is 2. The van der Waals surface area contributed by atoms with Crippen LogP contribution in [0.4, 0.5) is 4.39 Å². The highest BCUT2D eigenvalue weighted by atomic mass is 35.5. The predicted molar refractivity (Wildman–Crippen MR) is 61.2 cm³/mol. The quantitative estimate of drug-likeness (QED) is 0.772. The summed E-state index contributed by atoms with van der Waals surface area (Å²) in [6.45, 7) is 0. The Morgan fingerprint density at radius 3 is 2.94 bits per heavy atom. The first-order valence-corrected chi connectivity index (χ1v) is 5.62. The first-order chi connectivity index (χ1) is 7.70. The molecule has 16 heavy (non-hydrogen) atoms. The molecule has 0 saturated carbocycles. The fourth-order valence-corrected chi connectivity index (χ4v) is 1.91. The number of ether oxygens (including phenoxy) is 1. The second kappa shape index (κ2) is 4.63. The van der Waals surface area contributed by atoms with Crippen LogP contribution >= 0.6 is 22.9 Å². The highest BCUT2D eigenvalue weighted by Gasteiger charge is 2.09. The summed E-state index contributed by atoms with van der Waals surface area (Å²) in [7, 11) is 0. The van der Waals surface area contributed by atoms with Crippen molar-refractivity contribution < 1.29 is 13.9 Å². The molecule has 1 aromatic carbocycles. The lowest BCUT2D eigenvalue weighted by Gasteiger charge is -2.04. The summed E-state index contributed by atoms with van der Waals surface area (Å²) in [5.41, 5.74) is 0. The van der Waals surface area contributed by atoms with E-state index >= 15 is 0 Å². The predicted octanol–water partition coefficient (Wildman–Crippen LogP) is 4.15. The van der Waals surface area contributed by atoms with Crippen molar-refractivity contribution in [2.45, 2.75) is 0 Å². The van der Waals surface area contributed by atoms with E-state index in [1.165, 1.54) is 29.5 Å². The van der Waals surface area contributed by atoms with Gasteiger partial charge in [0.15, 0.2) is 17.9 Å². The Morgan fingerprint density at radius 1 is 1.44 bits per heavy atom. The van der Waals surface area contributed by atoms with Crippen molar-refractivity contribution in [3.05, 3.63) is 45.4 Å². The maximum Gasteiger partial charge on any atom is 0.184 e. The molecule has 2 rings (SSSR count). The van der Waals surface area contributed by atoms with Crippen molar-refractivity contribution in [3.63, 3.8) is 0 Å². The molecule has 0 radical (unpaired) electrons. The average molecular weight is 257 g/mol. The lowest BCUT2D eigenvalue weighted by Crippen LogP contribution is -1.87. The normalized spacial score (nSPS) is 10.1. The summed E-state index contributed by atoms with van der Waals surface area (Å²) in [6, 6.07) is 6.04. The first kappa shape index (κ1) is 11.1. The lowest BCUT2D eigenvalue weighted by atomic mass is 10.3. The van der Waals surface area contributed by atoms with Crippen LogP contribution in [0.15, 0.2) is 29.6 Å². The molecule has 0 spiro atoms. The van der Waals surface area contributed by atoms with Crippen molar-refractivity contribution in [2.75, 3.05) is 0 Å². The molecule has 0 unspecified atom stereocenters. The second-order valence-electron chi connectivity index (χ2n) is 2.96. The highest BCUT2D eigenvalue weighted by molar-refractivity contribution is 7.11. The molecule has 0 aliphatic carbocycles. The van der Waals surface area contributed by atoms with Crippen LogP contribution in [0.3, 0.4) is 0 Å². The van der Waals surface area contributed by atoms with Gasteiger partial charge in [0.25, 0.3) is 0 Å². The molecule has 1 heterocycles. The van der Waals surface area contributed by atoms with Crippen molar-refractivity contribution in [2.24, 2.45) is 0 Å². The Balaban J connectivity index is 2.26. The Bertz CT molecular complexity index is 524. The summed E-state index contributed by atoms with van der Waals surface area (Å²) in [6.07, 6.45) is 0.714. The van der Waals surface area contributed by atoms with Gasteiger partial charge in [-0.25, -0.2) is 4.39 Å². The third-order valence-electron chi connectivity index (χ3n) is 1.86. The maximum absolute atomic E-state index is 13.5. The molecule has 0 fully saturated rings. The molecule has 5 heteroatoms.